The molecule has 0 bridgehead atoms. The van der Waals surface area contributed by atoms with E-state index in [9.17, 15) is 0 Å². The van der Waals surface area contributed by atoms with Gasteiger partial charge in [0, 0.05) is 11.1 Å². The lowest BCUT2D eigenvalue weighted by atomic mass is 10.0. The van der Waals surface area contributed by atoms with Crippen molar-refractivity contribution >= 4 is 0 Å². The second-order valence-electron chi connectivity index (χ2n) is 7.81. The van der Waals surface area contributed by atoms with Crippen molar-refractivity contribution in [2.24, 2.45) is 0 Å². The summed E-state index contributed by atoms with van der Waals surface area (Å²) in [5, 5.41) is 0. The number of hydrogen-bond acceptors (Lipinski definition) is 5. The molecule has 1 heterocycles. The van der Waals surface area contributed by atoms with Gasteiger partial charge in [0.05, 0.1) is 26.4 Å². The number of rotatable bonds is 6. The Morgan fingerprint density at radius 2 is 1.27 bits per heavy atom. The van der Waals surface area contributed by atoms with Crippen LogP contribution in [0.4, 0.5) is 0 Å². The Morgan fingerprint density at radius 3 is 1.83 bits per heavy atom. The quantitative estimate of drug-likeness (QED) is 0.585. The number of allylic oxidation sites excluding steroid dienone is 2. The molecule has 5 nitrogen and oxygen atoms in total. The first-order valence-corrected chi connectivity index (χ1v) is 10.4. The van der Waals surface area contributed by atoms with Gasteiger partial charge in [0.25, 0.3) is 0 Å². The van der Waals surface area contributed by atoms with Crippen molar-refractivity contribution < 1.29 is 23.7 Å². The van der Waals surface area contributed by atoms with Crippen LogP contribution in [0.1, 0.15) is 44.4 Å². The minimum Gasteiger partial charge on any atom is -0.493 e. The Morgan fingerprint density at radius 1 is 0.733 bits per heavy atom. The van der Waals surface area contributed by atoms with Gasteiger partial charge in [-0.05, 0) is 64.3 Å². The largest absolute Gasteiger partial charge is 0.493 e. The highest BCUT2D eigenvalue weighted by molar-refractivity contribution is 5.56. The fraction of sp³-hybridized carbons (Fsp3) is 0.440. The molecule has 0 radical (unpaired) electrons. The van der Waals surface area contributed by atoms with Gasteiger partial charge < -0.3 is 23.7 Å². The molecule has 3 rings (SSSR count). The average Bonchev–Trinajstić information content (AvgIpc) is 2.71. The van der Waals surface area contributed by atoms with Crippen LogP contribution in [0.5, 0.6) is 28.7 Å². The van der Waals surface area contributed by atoms with Gasteiger partial charge in [-0.3, -0.25) is 0 Å². The highest BCUT2D eigenvalue weighted by atomic mass is 16.5. The maximum Gasteiger partial charge on any atom is 0.168 e. The van der Waals surface area contributed by atoms with E-state index in [1.165, 1.54) is 0 Å². The normalized spacial score (nSPS) is 14.4. The minimum atomic E-state index is 0.0358. The number of methoxy groups -OCH3 is 2. The molecule has 0 aromatic heterocycles. The van der Waals surface area contributed by atoms with Crippen LogP contribution in [0, 0.1) is 0 Å². The van der Waals surface area contributed by atoms with Crippen molar-refractivity contribution in [2.45, 2.75) is 59.4 Å². The Balaban J connectivity index is 2.03. The summed E-state index contributed by atoms with van der Waals surface area (Å²) in [7, 11) is 3.33. The van der Waals surface area contributed by atoms with Crippen LogP contribution in [0.15, 0.2) is 36.4 Å². The lowest BCUT2D eigenvalue weighted by Crippen LogP contribution is -2.12. The van der Waals surface area contributed by atoms with E-state index in [4.69, 9.17) is 23.7 Å². The van der Waals surface area contributed by atoms with Crippen molar-refractivity contribution in [3.05, 3.63) is 53.1 Å². The standard InChI is InChI=1S/C25H32O5/c1-16(2)29-24-19-9-7-8-10-20-21(28-15-18(19)11-12-22(24)26-5)13-14-23(27-6)25(20)30-17(3)4/h7-8,11-14,16-17H,9-10,15H2,1-6H3/b8-7+. The Hall–Kier alpha value is -2.82. The highest BCUT2D eigenvalue weighted by Crippen LogP contribution is 2.41. The third kappa shape index (κ3) is 4.84. The molecule has 0 unspecified atom stereocenters. The maximum absolute atomic E-state index is 6.28. The van der Waals surface area contributed by atoms with Crippen LogP contribution in [0.25, 0.3) is 0 Å². The second kappa shape index (κ2) is 9.79. The molecule has 162 valence electrons. The van der Waals surface area contributed by atoms with Crippen LogP contribution >= 0.6 is 0 Å². The average molecular weight is 413 g/mol. The predicted molar refractivity (Wildman–Crippen MR) is 118 cm³/mol. The fourth-order valence-electron chi connectivity index (χ4n) is 3.53. The molecular formula is C25H32O5. The second-order valence-corrected chi connectivity index (χ2v) is 7.81. The van der Waals surface area contributed by atoms with Gasteiger partial charge in [0.2, 0.25) is 0 Å². The molecule has 0 aliphatic carbocycles. The monoisotopic (exact) mass is 412 g/mol. The molecule has 30 heavy (non-hydrogen) atoms. The Kier molecular flexibility index (Phi) is 7.14. The third-order valence-electron chi connectivity index (χ3n) is 4.84. The summed E-state index contributed by atoms with van der Waals surface area (Å²) in [5.41, 5.74) is 3.16. The van der Waals surface area contributed by atoms with E-state index in [1.807, 2.05) is 52.0 Å². The van der Waals surface area contributed by atoms with Crippen LogP contribution in [-0.2, 0) is 19.4 Å². The van der Waals surface area contributed by atoms with Gasteiger partial charge in [-0.1, -0.05) is 18.2 Å². The summed E-state index contributed by atoms with van der Waals surface area (Å²) in [6, 6.07) is 7.84. The van der Waals surface area contributed by atoms with E-state index in [-0.39, 0.29) is 12.2 Å². The van der Waals surface area contributed by atoms with E-state index in [1.54, 1.807) is 14.2 Å². The molecule has 2 aromatic carbocycles. The van der Waals surface area contributed by atoms with Crippen molar-refractivity contribution in [3.8, 4) is 28.7 Å². The summed E-state index contributed by atoms with van der Waals surface area (Å²) >= 11 is 0. The molecule has 0 saturated carbocycles. The van der Waals surface area contributed by atoms with Crippen molar-refractivity contribution in [2.75, 3.05) is 14.2 Å². The van der Waals surface area contributed by atoms with Crippen molar-refractivity contribution in [1.82, 2.24) is 0 Å². The molecule has 0 spiro atoms. The lowest BCUT2D eigenvalue weighted by Gasteiger charge is -2.23. The predicted octanol–water partition coefficient (Wildman–Crippen LogP) is 5.51. The summed E-state index contributed by atoms with van der Waals surface area (Å²) < 4.78 is 29.6. The van der Waals surface area contributed by atoms with Gasteiger partial charge in [0.1, 0.15) is 12.4 Å². The van der Waals surface area contributed by atoms with E-state index in [2.05, 4.69) is 12.2 Å². The molecule has 0 N–H and O–H groups in total. The Labute approximate surface area is 179 Å². The molecular weight excluding hydrogens is 380 g/mol. The van der Waals surface area contributed by atoms with E-state index in [0.717, 1.165) is 46.1 Å². The molecule has 1 aliphatic rings. The molecule has 2 aromatic rings. The van der Waals surface area contributed by atoms with Crippen molar-refractivity contribution in [3.63, 3.8) is 0 Å². The molecule has 5 heteroatoms. The maximum atomic E-state index is 6.28. The van der Waals surface area contributed by atoms with Gasteiger partial charge >= 0.3 is 0 Å². The lowest BCUT2D eigenvalue weighted by molar-refractivity contribution is 0.222. The summed E-state index contributed by atoms with van der Waals surface area (Å²) in [6.07, 6.45) is 5.82. The number of fused-ring (bicyclic) bond motifs is 2. The highest BCUT2D eigenvalue weighted by Gasteiger charge is 2.21. The number of ether oxygens (including phenoxy) is 5. The summed E-state index contributed by atoms with van der Waals surface area (Å²) in [4.78, 5) is 0. The van der Waals surface area contributed by atoms with Crippen LogP contribution < -0.4 is 23.7 Å². The summed E-state index contributed by atoms with van der Waals surface area (Å²) in [5.74, 6) is 3.79. The van der Waals surface area contributed by atoms with E-state index >= 15 is 0 Å². The third-order valence-corrected chi connectivity index (χ3v) is 4.84. The Bertz CT molecular complexity index is 825. The van der Waals surface area contributed by atoms with Gasteiger partial charge in [-0.2, -0.15) is 0 Å². The van der Waals surface area contributed by atoms with Gasteiger partial charge in [-0.25, -0.2) is 0 Å². The fourth-order valence-corrected chi connectivity index (χ4v) is 3.53. The zero-order valence-electron chi connectivity index (χ0n) is 18.8. The van der Waals surface area contributed by atoms with Crippen LogP contribution in [-0.4, -0.2) is 26.4 Å². The zero-order valence-corrected chi connectivity index (χ0v) is 18.8. The molecule has 0 fully saturated rings. The molecule has 0 amide bonds. The smallest absolute Gasteiger partial charge is 0.168 e. The molecule has 0 saturated heterocycles. The first-order valence-electron chi connectivity index (χ1n) is 10.4. The van der Waals surface area contributed by atoms with Gasteiger partial charge in [0.15, 0.2) is 23.0 Å². The first kappa shape index (κ1) is 21.9. The van der Waals surface area contributed by atoms with Gasteiger partial charge in [-0.15, -0.1) is 0 Å². The number of hydrogen-bond donors (Lipinski definition) is 0. The summed E-state index contributed by atoms with van der Waals surface area (Å²) in [6.45, 7) is 8.49. The zero-order chi connectivity index (χ0) is 21.7. The SMILES string of the molecule is COc1ccc2c(c1OC(C)C)C/C=C/Cc1c(ccc(OC)c1OC(C)C)OC2. The van der Waals surface area contributed by atoms with Crippen molar-refractivity contribution in [1.29, 1.82) is 0 Å². The van der Waals surface area contributed by atoms with E-state index < -0.39 is 0 Å². The first-order chi connectivity index (χ1) is 14.4. The van der Waals surface area contributed by atoms with Crippen LogP contribution in [0.3, 0.4) is 0 Å². The van der Waals surface area contributed by atoms with E-state index in [0.29, 0.717) is 18.8 Å². The minimum absolute atomic E-state index is 0.0358. The number of benzene rings is 2. The topological polar surface area (TPSA) is 46.2 Å². The van der Waals surface area contributed by atoms with Crippen LogP contribution in [0.2, 0.25) is 0 Å². The molecule has 0 atom stereocenters. The molecule has 1 aliphatic heterocycles.